The minimum atomic E-state index is -0.465. The summed E-state index contributed by atoms with van der Waals surface area (Å²) in [6, 6.07) is 3.70. The number of piperidine rings is 1. The number of likely N-dealkylation sites (tertiary alicyclic amines) is 1. The van der Waals surface area contributed by atoms with E-state index in [0.717, 1.165) is 25.3 Å². The fraction of sp³-hybridized carbons (Fsp3) is 0.529. The summed E-state index contributed by atoms with van der Waals surface area (Å²) >= 11 is 5.89. The summed E-state index contributed by atoms with van der Waals surface area (Å²) in [5.74, 6) is -0.498. The number of nitrogens with zero attached hydrogens (tertiary/aromatic N) is 1. The Morgan fingerprint density at radius 1 is 1.40 bits per heavy atom. The highest BCUT2D eigenvalue weighted by molar-refractivity contribution is 6.32. The largest absolute Gasteiger partial charge is 0.482 e. The Kier molecular flexibility index (Phi) is 7.46. The number of halogens is 2. The zero-order valence-corrected chi connectivity index (χ0v) is 14.7. The number of nitrogens with two attached hydrogens (primary N) is 1. The second kappa shape index (κ2) is 9.58. The number of carbonyl (C=O) groups is 2. The number of carbonyl (C=O) groups excluding carboxylic acids is 2. The first-order valence-electron chi connectivity index (χ1n) is 8.35. The molecule has 0 bridgehead atoms. The van der Waals surface area contributed by atoms with Crippen LogP contribution in [0.25, 0.3) is 0 Å². The highest BCUT2D eigenvalue weighted by Gasteiger charge is 2.27. The maximum Gasteiger partial charge on any atom is 0.260 e. The van der Waals surface area contributed by atoms with E-state index in [9.17, 15) is 14.0 Å². The normalized spacial score (nSPS) is 17.2. The van der Waals surface area contributed by atoms with Gasteiger partial charge in [-0.1, -0.05) is 11.6 Å². The van der Waals surface area contributed by atoms with Gasteiger partial charge in [0, 0.05) is 32.1 Å². The molecule has 1 unspecified atom stereocenters. The van der Waals surface area contributed by atoms with Crippen LogP contribution in [0.2, 0.25) is 5.02 Å². The lowest BCUT2D eigenvalue weighted by Gasteiger charge is -2.35. The zero-order chi connectivity index (χ0) is 18.2. The molecule has 0 aliphatic carbocycles. The van der Waals surface area contributed by atoms with Gasteiger partial charge >= 0.3 is 0 Å². The molecule has 0 spiro atoms. The Morgan fingerprint density at radius 3 is 2.92 bits per heavy atom. The first-order valence-corrected chi connectivity index (χ1v) is 8.73. The molecule has 2 rings (SSSR count). The SMILES string of the molecule is NCCC(=O)NCC1CCCCN1C(=O)COc1ccc(F)cc1Cl. The first kappa shape index (κ1) is 19.5. The van der Waals surface area contributed by atoms with E-state index in [1.54, 1.807) is 4.90 Å². The zero-order valence-electron chi connectivity index (χ0n) is 14.0. The maximum absolute atomic E-state index is 13.0. The summed E-state index contributed by atoms with van der Waals surface area (Å²) in [6.07, 6.45) is 3.01. The van der Waals surface area contributed by atoms with E-state index in [2.05, 4.69) is 5.32 Å². The minimum absolute atomic E-state index is 0.0599. The molecular weight excluding hydrogens is 349 g/mol. The molecular formula is C17H23ClFN3O3. The molecule has 1 atom stereocenters. The molecule has 8 heteroatoms. The van der Waals surface area contributed by atoms with Crippen molar-refractivity contribution in [3.05, 3.63) is 29.0 Å². The average molecular weight is 372 g/mol. The smallest absolute Gasteiger partial charge is 0.260 e. The van der Waals surface area contributed by atoms with Gasteiger partial charge in [0.15, 0.2) is 6.61 Å². The van der Waals surface area contributed by atoms with Crippen molar-refractivity contribution in [2.75, 3.05) is 26.2 Å². The van der Waals surface area contributed by atoms with E-state index in [1.807, 2.05) is 0 Å². The molecule has 1 saturated heterocycles. The summed E-state index contributed by atoms with van der Waals surface area (Å²) in [5, 5.41) is 2.93. The molecule has 1 aromatic carbocycles. The van der Waals surface area contributed by atoms with Gasteiger partial charge in [0.05, 0.1) is 5.02 Å². The Bertz CT molecular complexity index is 615. The molecule has 6 nitrogen and oxygen atoms in total. The molecule has 1 aliphatic rings. The molecule has 2 amide bonds. The van der Waals surface area contributed by atoms with Crippen LogP contribution in [0.5, 0.6) is 5.75 Å². The number of nitrogens with one attached hydrogen (secondary N) is 1. The summed E-state index contributed by atoms with van der Waals surface area (Å²) in [7, 11) is 0. The van der Waals surface area contributed by atoms with Gasteiger partial charge in [0.2, 0.25) is 5.91 Å². The van der Waals surface area contributed by atoms with Gasteiger partial charge in [-0.05, 0) is 37.5 Å². The van der Waals surface area contributed by atoms with Crippen LogP contribution in [0.3, 0.4) is 0 Å². The third-order valence-corrected chi connectivity index (χ3v) is 4.39. The number of hydrogen-bond acceptors (Lipinski definition) is 4. The maximum atomic E-state index is 13.0. The van der Waals surface area contributed by atoms with Crippen LogP contribution in [-0.2, 0) is 9.59 Å². The van der Waals surface area contributed by atoms with Crippen molar-refractivity contribution < 1.29 is 18.7 Å². The Balaban J connectivity index is 1.89. The number of ether oxygens (including phenoxy) is 1. The van der Waals surface area contributed by atoms with E-state index in [1.165, 1.54) is 12.1 Å². The topological polar surface area (TPSA) is 84.7 Å². The number of rotatable bonds is 7. The second-order valence-corrected chi connectivity index (χ2v) is 6.35. The molecule has 25 heavy (non-hydrogen) atoms. The van der Waals surface area contributed by atoms with Gasteiger partial charge in [-0.2, -0.15) is 0 Å². The molecule has 138 valence electrons. The molecule has 1 heterocycles. The van der Waals surface area contributed by atoms with Crippen molar-refractivity contribution in [2.24, 2.45) is 5.73 Å². The van der Waals surface area contributed by atoms with E-state index in [-0.39, 0.29) is 41.7 Å². The second-order valence-electron chi connectivity index (χ2n) is 5.94. The van der Waals surface area contributed by atoms with Gasteiger partial charge in [-0.15, -0.1) is 0 Å². The van der Waals surface area contributed by atoms with E-state index in [4.69, 9.17) is 22.1 Å². The highest BCUT2D eigenvalue weighted by Crippen LogP contribution is 2.25. The Labute approximate surface area is 151 Å². The molecule has 0 aromatic heterocycles. The molecule has 0 saturated carbocycles. The third-order valence-electron chi connectivity index (χ3n) is 4.10. The van der Waals surface area contributed by atoms with Gasteiger partial charge < -0.3 is 20.7 Å². The fourth-order valence-electron chi connectivity index (χ4n) is 2.81. The van der Waals surface area contributed by atoms with Crippen molar-refractivity contribution in [3.8, 4) is 5.75 Å². The minimum Gasteiger partial charge on any atom is -0.482 e. The molecule has 1 aliphatic heterocycles. The quantitative estimate of drug-likeness (QED) is 0.764. The lowest BCUT2D eigenvalue weighted by Crippen LogP contribution is -2.50. The van der Waals surface area contributed by atoms with Crippen molar-refractivity contribution >= 4 is 23.4 Å². The van der Waals surface area contributed by atoms with Crippen molar-refractivity contribution in [1.29, 1.82) is 0 Å². The summed E-state index contributed by atoms with van der Waals surface area (Å²) in [4.78, 5) is 25.8. The van der Waals surface area contributed by atoms with E-state index < -0.39 is 5.82 Å². The molecule has 1 fully saturated rings. The highest BCUT2D eigenvalue weighted by atomic mass is 35.5. The fourth-order valence-corrected chi connectivity index (χ4v) is 3.03. The number of hydrogen-bond donors (Lipinski definition) is 2. The van der Waals surface area contributed by atoms with Crippen LogP contribution >= 0.6 is 11.6 Å². The van der Waals surface area contributed by atoms with Gasteiger partial charge in [0.25, 0.3) is 5.91 Å². The summed E-state index contributed by atoms with van der Waals surface area (Å²) < 4.78 is 18.5. The van der Waals surface area contributed by atoms with E-state index >= 15 is 0 Å². The van der Waals surface area contributed by atoms with Gasteiger partial charge in [0.1, 0.15) is 11.6 Å². The summed E-state index contributed by atoms with van der Waals surface area (Å²) in [5.41, 5.74) is 5.35. The summed E-state index contributed by atoms with van der Waals surface area (Å²) in [6.45, 7) is 1.14. The third kappa shape index (κ3) is 5.86. The van der Waals surface area contributed by atoms with Crippen LogP contribution in [0.1, 0.15) is 25.7 Å². The van der Waals surface area contributed by atoms with Crippen LogP contribution in [0.15, 0.2) is 18.2 Å². The number of amides is 2. The number of benzene rings is 1. The predicted octanol–water partition coefficient (Wildman–Crippen LogP) is 1.70. The van der Waals surface area contributed by atoms with Crippen LogP contribution in [-0.4, -0.2) is 49.0 Å². The van der Waals surface area contributed by atoms with E-state index in [0.29, 0.717) is 19.6 Å². The van der Waals surface area contributed by atoms with Crippen molar-refractivity contribution in [3.63, 3.8) is 0 Å². The first-order chi connectivity index (χ1) is 12.0. The monoisotopic (exact) mass is 371 g/mol. The molecule has 1 aromatic rings. The molecule has 3 N–H and O–H groups in total. The Hall–Kier alpha value is -1.86. The lowest BCUT2D eigenvalue weighted by molar-refractivity contribution is -0.137. The van der Waals surface area contributed by atoms with Crippen LogP contribution < -0.4 is 15.8 Å². The van der Waals surface area contributed by atoms with Crippen molar-refractivity contribution in [2.45, 2.75) is 31.7 Å². The Morgan fingerprint density at radius 2 is 2.20 bits per heavy atom. The average Bonchev–Trinajstić information content (AvgIpc) is 2.59. The van der Waals surface area contributed by atoms with Crippen molar-refractivity contribution in [1.82, 2.24) is 10.2 Å². The predicted molar refractivity (Wildman–Crippen MR) is 92.9 cm³/mol. The van der Waals surface area contributed by atoms with Gasteiger partial charge in [-0.3, -0.25) is 9.59 Å². The van der Waals surface area contributed by atoms with Crippen LogP contribution in [0.4, 0.5) is 4.39 Å². The molecule has 0 radical (unpaired) electrons. The lowest BCUT2D eigenvalue weighted by atomic mass is 10.0. The van der Waals surface area contributed by atoms with Gasteiger partial charge in [-0.25, -0.2) is 4.39 Å². The standard InChI is InChI=1S/C17H23ClFN3O3/c18-14-9-12(19)4-5-15(14)25-11-17(24)22-8-2-1-3-13(22)10-21-16(23)6-7-20/h4-5,9,13H,1-3,6-8,10-11,20H2,(H,21,23). The van der Waals surface area contributed by atoms with Crippen LogP contribution in [0, 0.1) is 5.82 Å².